The van der Waals surface area contributed by atoms with Crippen LogP contribution in [0.25, 0.3) is 5.65 Å². The predicted molar refractivity (Wildman–Crippen MR) is 82.6 cm³/mol. The first-order chi connectivity index (χ1) is 10.4. The maximum Gasteiger partial charge on any atom is 0.236 e. The van der Waals surface area contributed by atoms with E-state index in [1.807, 2.05) is 13.1 Å². The summed E-state index contributed by atoms with van der Waals surface area (Å²) in [6, 6.07) is 8.79. The number of nitrogens with zero attached hydrogens (tertiary/aromatic N) is 2. The van der Waals surface area contributed by atoms with E-state index in [1.165, 1.54) is 24.3 Å². The molecule has 0 bridgehead atoms. The molecule has 22 heavy (non-hydrogen) atoms. The van der Waals surface area contributed by atoms with Crippen molar-refractivity contribution in [3.05, 3.63) is 65.9 Å². The van der Waals surface area contributed by atoms with Crippen LogP contribution in [0.1, 0.15) is 11.3 Å². The molecule has 0 aliphatic carbocycles. The molecule has 2 heterocycles. The van der Waals surface area contributed by atoms with Crippen LogP contribution in [-0.4, -0.2) is 17.8 Å². The highest BCUT2D eigenvalue weighted by Crippen LogP contribution is 2.15. The molecule has 1 aromatic carbocycles. The van der Waals surface area contributed by atoms with Crippen LogP contribution < -0.4 is 4.72 Å². The van der Waals surface area contributed by atoms with Gasteiger partial charge in [0.2, 0.25) is 10.0 Å². The quantitative estimate of drug-likeness (QED) is 0.804. The summed E-state index contributed by atoms with van der Waals surface area (Å²) in [5.74, 6) is -0.607. The fourth-order valence-electron chi connectivity index (χ4n) is 2.19. The second kappa shape index (κ2) is 5.42. The molecule has 0 fully saturated rings. The Morgan fingerprint density at radius 1 is 1.14 bits per heavy atom. The second-order valence-electron chi connectivity index (χ2n) is 5.05. The number of fused-ring (bicyclic) bond motifs is 1. The molecule has 2 aromatic heterocycles. The van der Waals surface area contributed by atoms with Crippen LogP contribution >= 0.6 is 0 Å². The second-order valence-corrected chi connectivity index (χ2v) is 6.78. The molecule has 0 radical (unpaired) electrons. The Hall–Kier alpha value is -2.41. The molecular weight excluding hydrogens is 305 g/mol. The number of halogens is 1. The highest BCUT2D eigenvalue weighted by molar-refractivity contribution is 7.91. The van der Waals surface area contributed by atoms with Gasteiger partial charge in [0.1, 0.15) is 11.5 Å². The average molecular weight is 319 g/mol. The zero-order valence-corrected chi connectivity index (χ0v) is 12.6. The fraction of sp³-hybridized carbons (Fsp3) is 0.133. The fourth-order valence-corrected chi connectivity index (χ4v) is 3.38. The molecule has 0 saturated heterocycles. The molecule has 0 atom stereocenters. The number of pyridine rings is 1. The Morgan fingerprint density at radius 2 is 1.86 bits per heavy atom. The van der Waals surface area contributed by atoms with Gasteiger partial charge in [-0.1, -0.05) is 12.1 Å². The van der Waals surface area contributed by atoms with E-state index in [0.29, 0.717) is 11.3 Å². The molecule has 0 aliphatic heterocycles. The van der Waals surface area contributed by atoms with Crippen molar-refractivity contribution in [3.8, 4) is 0 Å². The molecule has 3 aromatic rings. The first-order valence-corrected chi connectivity index (χ1v) is 8.27. The van der Waals surface area contributed by atoms with Crippen molar-refractivity contribution in [3.63, 3.8) is 0 Å². The predicted octanol–water partition coefficient (Wildman–Crippen LogP) is 2.72. The number of hydrogen-bond donors (Lipinski definition) is 1. The summed E-state index contributed by atoms with van der Waals surface area (Å²) in [5.41, 5.74) is 2.57. The number of anilines is 1. The molecule has 3 rings (SSSR count). The van der Waals surface area contributed by atoms with Crippen LogP contribution in [0, 0.1) is 12.7 Å². The molecular formula is C15H14FN3O2S. The summed E-state index contributed by atoms with van der Waals surface area (Å²) in [5, 5.41) is 0. The zero-order valence-electron chi connectivity index (χ0n) is 11.8. The van der Waals surface area contributed by atoms with Gasteiger partial charge in [-0.3, -0.25) is 4.72 Å². The minimum absolute atomic E-state index is 0.214. The highest BCUT2D eigenvalue weighted by atomic mass is 32.2. The summed E-state index contributed by atoms with van der Waals surface area (Å²) in [6.07, 6.45) is 3.48. The van der Waals surface area contributed by atoms with Crippen molar-refractivity contribution in [2.45, 2.75) is 12.7 Å². The Balaban J connectivity index is 1.81. The van der Waals surface area contributed by atoms with E-state index >= 15 is 0 Å². The lowest BCUT2D eigenvalue weighted by Gasteiger charge is -2.08. The van der Waals surface area contributed by atoms with Gasteiger partial charge in [-0.2, -0.15) is 0 Å². The maximum atomic E-state index is 12.8. The van der Waals surface area contributed by atoms with Crippen molar-refractivity contribution in [2.75, 3.05) is 4.72 Å². The van der Waals surface area contributed by atoms with Gasteiger partial charge in [-0.15, -0.1) is 0 Å². The molecule has 5 nitrogen and oxygen atoms in total. The van der Waals surface area contributed by atoms with Gasteiger partial charge < -0.3 is 4.40 Å². The van der Waals surface area contributed by atoms with Crippen molar-refractivity contribution < 1.29 is 12.8 Å². The number of rotatable bonds is 4. The first-order valence-electron chi connectivity index (χ1n) is 6.62. The van der Waals surface area contributed by atoms with Crippen molar-refractivity contribution in [1.82, 2.24) is 9.38 Å². The molecule has 0 saturated carbocycles. The van der Waals surface area contributed by atoms with E-state index in [0.717, 1.165) is 11.3 Å². The normalized spacial score (nSPS) is 11.7. The lowest BCUT2D eigenvalue weighted by Crippen LogP contribution is -2.15. The van der Waals surface area contributed by atoms with Crippen LogP contribution in [0.5, 0.6) is 0 Å². The summed E-state index contributed by atoms with van der Waals surface area (Å²) >= 11 is 0. The molecule has 0 aliphatic rings. The smallest absolute Gasteiger partial charge is 0.236 e. The first kappa shape index (κ1) is 14.5. The number of sulfonamides is 1. The molecule has 114 valence electrons. The van der Waals surface area contributed by atoms with Gasteiger partial charge in [0.15, 0.2) is 0 Å². The molecule has 0 unspecified atom stereocenters. The van der Waals surface area contributed by atoms with Gasteiger partial charge >= 0.3 is 0 Å². The standard InChI is InChI=1S/C15H14FN3O2S/c1-11-8-19-9-14(6-7-15(19)17-11)18-22(20,21)10-12-2-4-13(16)5-3-12/h2-9,18H,10H2,1H3. The van der Waals surface area contributed by atoms with Crippen LogP contribution in [0.15, 0.2) is 48.8 Å². The summed E-state index contributed by atoms with van der Waals surface area (Å²) in [6.45, 7) is 1.87. The topological polar surface area (TPSA) is 63.5 Å². The SMILES string of the molecule is Cc1cn2cc(NS(=O)(=O)Cc3ccc(F)cc3)ccc2n1. The Kier molecular flexibility index (Phi) is 3.58. The van der Waals surface area contributed by atoms with Gasteiger partial charge in [-0.05, 0) is 36.8 Å². The molecule has 0 spiro atoms. The number of aryl methyl sites for hydroxylation is 1. The van der Waals surface area contributed by atoms with E-state index in [1.54, 1.807) is 22.7 Å². The Morgan fingerprint density at radius 3 is 2.59 bits per heavy atom. The highest BCUT2D eigenvalue weighted by Gasteiger charge is 2.12. The average Bonchev–Trinajstić information content (AvgIpc) is 2.80. The third kappa shape index (κ3) is 3.25. The van der Waals surface area contributed by atoms with Crippen molar-refractivity contribution >= 4 is 21.4 Å². The van der Waals surface area contributed by atoms with Crippen molar-refractivity contribution in [2.24, 2.45) is 0 Å². The van der Waals surface area contributed by atoms with E-state index in [-0.39, 0.29) is 5.75 Å². The van der Waals surface area contributed by atoms with Gasteiger partial charge in [0.25, 0.3) is 0 Å². The van der Waals surface area contributed by atoms with Crippen LogP contribution in [0.3, 0.4) is 0 Å². The summed E-state index contributed by atoms with van der Waals surface area (Å²) < 4.78 is 41.4. The van der Waals surface area contributed by atoms with Crippen LogP contribution in [-0.2, 0) is 15.8 Å². The lowest BCUT2D eigenvalue weighted by molar-refractivity contribution is 0.600. The van der Waals surface area contributed by atoms with Crippen molar-refractivity contribution in [1.29, 1.82) is 0 Å². The third-order valence-corrected chi connectivity index (χ3v) is 4.37. The number of nitrogens with one attached hydrogen (secondary N) is 1. The van der Waals surface area contributed by atoms with Crippen LogP contribution in [0.4, 0.5) is 10.1 Å². The van der Waals surface area contributed by atoms with E-state index in [2.05, 4.69) is 9.71 Å². The number of aromatic nitrogens is 2. The summed E-state index contributed by atoms with van der Waals surface area (Å²) in [7, 11) is -3.57. The van der Waals surface area contributed by atoms with Gasteiger partial charge in [0, 0.05) is 12.4 Å². The largest absolute Gasteiger partial charge is 0.305 e. The molecule has 1 N–H and O–H groups in total. The molecule has 7 heteroatoms. The maximum absolute atomic E-state index is 12.8. The van der Waals surface area contributed by atoms with E-state index in [4.69, 9.17) is 0 Å². The number of hydrogen-bond acceptors (Lipinski definition) is 3. The lowest BCUT2D eigenvalue weighted by atomic mass is 10.2. The molecule has 0 amide bonds. The number of benzene rings is 1. The van der Waals surface area contributed by atoms with E-state index in [9.17, 15) is 12.8 Å². The van der Waals surface area contributed by atoms with Gasteiger partial charge in [-0.25, -0.2) is 17.8 Å². The monoisotopic (exact) mass is 319 g/mol. The minimum Gasteiger partial charge on any atom is -0.305 e. The number of imidazole rings is 1. The van der Waals surface area contributed by atoms with Crippen LogP contribution in [0.2, 0.25) is 0 Å². The Bertz CT molecular complexity index is 918. The zero-order chi connectivity index (χ0) is 15.7. The summed E-state index contributed by atoms with van der Waals surface area (Å²) in [4.78, 5) is 4.28. The third-order valence-electron chi connectivity index (χ3n) is 3.11. The minimum atomic E-state index is -3.57. The van der Waals surface area contributed by atoms with Gasteiger partial charge in [0.05, 0.1) is 17.1 Å². The Labute approximate surface area is 127 Å². The van der Waals surface area contributed by atoms with E-state index < -0.39 is 15.8 Å².